The standard InChI is InChI=1S/C26H28N6O4S2/c1-14-23(37-26(28-14)30-25-27-9-8-20(29-25)31-10-4-5-21(31)33)17-11-18-13-32(15(2)16-6-7-16)24(34)22(18)19(12-17)38(3,35)36/h8-9,11-12,15-16H,4-7,10,13H2,1-3H3,(H,27,28,29,30)/t15-/m0/s1. The van der Waals surface area contributed by atoms with Gasteiger partial charge in [0.25, 0.3) is 5.91 Å². The Labute approximate surface area is 225 Å². The average molecular weight is 553 g/mol. The Hall–Kier alpha value is -3.38. The number of anilines is 3. The van der Waals surface area contributed by atoms with E-state index < -0.39 is 9.84 Å². The highest BCUT2D eigenvalue weighted by Crippen LogP contribution is 2.42. The number of nitrogens with one attached hydrogen (secondary N) is 1. The van der Waals surface area contributed by atoms with Gasteiger partial charge in [0, 0.05) is 38.0 Å². The van der Waals surface area contributed by atoms with Crippen molar-refractivity contribution in [2.45, 2.75) is 57.0 Å². The van der Waals surface area contributed by atoms with E-state index in [9.17, 15) is 18.0 Å². The Morgan fingerprint density at radius 2 is 1.97 bits per heavy atom. The summed E-state index contributed by atoms with van der Waals surface area (Å²) >= 11 is 1.36. The van der Waals surface area contributed by atoms with Crippen LogP contribution in [0.2, 0.25) is 0 Å². The van der Waals surface area contributed by atoms with Gasteiger partial charge in [0.1, 0.15) is 5.82 Å². The molecule has 0 radical (unpaired) electrons. The van der Waals surface area contributed by atoms with Gasteiger partial charge in [-0.3, -0.25) is 19.8 Å². The predicted octanol–water partition coefficient (Wildman–Crippen LogP) is 3.94. The third kappa shape index (κ3) is 4.45. The van der Waals surface area contributed by atoms with Crippen molar-refractivity contribution in [2.75, 3.05) is 23.0 Å². The molecule has 0 spiro atoms. The van der Waals surface area contributed by atoms with Gasteiger partial charge in [-0.15, -0.1) is 0 Å². The number of carbonyl (C=O) groups is 2. The minimum absolute atomic E-state index is 0.0453. The van der Waals surface area contributed by atoms with Crippen LogP contribution in [-0.4, -0.2) is 58.9 Å². The number of fused-ring (bicyclic) bond motifs is 1. The van der Waals surface area contributed by atoms with Gasteiger partial charge in [0.05, 0.1) is 21.0 Å². The molecule has 2 fully saturated rings. The first kappa shape index (κ1) is 24.9. The number of hydrogen-bond donors (Lipinski definition) is 1. The number of carbonyl (C=O) groups excluding carboxylic acids is 2. The highest BCUT2D eigenvalue weighted by Gasteiger charge is 2.41. The van der Waals surface area contributed by atoms with Gasteiger partial charge < -0.3 is 4.90 Å². The molecular weight excluding hydrogens is 524 g/mol. The van der Waals surface area contributed by atoms with E-state index in [0.717, 1.165) is 41.7 Å². The van der Waals surface area contributed by atoms with Crippen LogP contribution < -0.4 is 10.2 Å². The van der Waals surface area contributed by atoms with E-state index in [1.807, 2.05) is 24.8 Å². The lowest BCUT2D eigenvalue weighted by Gasteiger charge is -2.24. The van der Waals surface area contributed by atoms with E-state index in [4.69, 9.17) is 0 Å². The second-order valence-corrected chi connectivity index (χ2v) is 13.2. The highest BCUT2D eigenvalue weighted by atomic mass is 32.2. The Morgan fingerprint density at radius 3 is 2.66 bits per heavy atom. The number of benzene rings is 1. The Bertz CT molecular complexity index is 1580. The van der Waals surface area contributed by atoms with Crippen molar-refractivity contribution >= 4 is 49.9 Å². The average Bonchev–Trinajstić information content (AvgIpc) is 3.41. The maximum absolute atomic E-state index is 13.3. The lowest BCUT2D eigenvalue weighted by atomic mass is 10.0. The number of nitrogens with zero attached hydrogens (tertiary/aromatic N) is 5. The second-order valence-electron chi connectivity index (χ2n) is 10.2. The van der Waals surface area contributed by atoms with Crippen LogP contribution >= 0.6 is 11.3 Å². The van der Waals surface area contributed by atoms with Crippen LogP contribution in [0, 0.1) is 12.8 Å². The van der Waals surface area contributed by atoms with Crippen LogP contribution in [0.4, 0.5) is 16.9 Å². The maximum Gasteiger partial charge on any atom is 0.256 e. The van der Waals surface area contributed by atoms with E-state index in [2.05, 4.69) is 20.3 Å². The number of sulfone groups is 1. The van der Waals surface area contributed by atoms with E-state index in [-0.39, 0.29) is 22.8 Å². The van der Waals surface area contributed by atoms with Crippen LogP contribution in [0.25, 0.3) is 10.4 Å². The predicted molar refractivity (Wildman–Crippen MR) is 144 cm³/mol. The van der Waals surface area contributed by atoms with Gasteiger partial charge in [0.15, 0.2) is 15.0 Å². The fourth-order valence-corrected chi connectivity index (χ4v) is 7.17. The molecule has 2 aromatic heterocycles. The summed E-state index contributed by atoms with van der Waals surface area (Å²) in [6, 6.07) is 5.30. The lowest BCUT2D eigenvalue weighted by Crippen LogP contribution is -2.35. The molecule has 0 unspecified atom stereocenters. The van der Waals surface area contributed by atoms with Crippen molar-refractivity contribution in [3.8, 4) is 10.4 Å². The SMILES string of the molecule is Cc1nc(Nc2nccc(N3CCCC3=O)n2)sc1-c1cc2c(c(S(C)(=O)=O)c1)C(=O)N([C@@H](C)C1CC1)C2. The van der Waals surface area contributed by atoms with Gasteiger partial charge in [0.2, 0.25) is 11.9 Å². The zero-order chi connectivity index (χ0) is 26.8. The van der Waals surface area contributed by atoms with Crippen molar-refractivity contribution in [3.63, 3.8) is 0 Å². The third-order valence-electron chi connectivity index (χ3n) is 7.46. The fourth-order valence-electron chi connectivity index (χ4n) is 5.29. The highest BCUT2D eigenvalue weighted by molar-refractivity contribution is 7.90. The first-order chi connectivity index (χ1) is 18.1. The van der Waals surface area contributed by atoms with Crippen LogP contribution in [-0.2, 0) is 21.2 Å². The summed E-state index contributed by atoms with van der Waals surface area (Å²) in [6.45, 7) is 4.94. The van der Waals surface area contributed by atoms with Crippen molar-refractivity contribution in [3.05, 3.63) is 41.2 Å². The molecular formula is C26H28N6O4S2. The third-order valence-corrected chi connectivity index (χ3v) is 9.71. The molecule has 38 heavy (non-hydrogen) atoms. The van der Waals surface area contributed by atoms with Gasteiger partial charge in [-0.25, -0.2) is 18.4 Å². The van der Waals surface area contributed by atoms with Crippen LogP contribution in [0.1, 0.15) is 54.2 Å². The van der Waals surface area contributed by atoms with Crippen LogP contribution in [0.15, 0.2) is 29.3 Å². The van der Waals surface area contributed by atoms with E-state index in [0.29, 0.717) is 53.5 Å². The maximum atomic E-state index is 13.3. The summed E-state index contributed by atoms with van der Waals surface area (Å²) in [5.74, 6) is 1.19. The van der Waals surface area contributed by atoms with Crippen molar-refractivity contribution in [1.29, 1.82) is 0 Å². The minimum atomic E-state index is -3.65. The molecule has 12 heteroatoms. The van der Waals surface area contributed by atoms with Gasteiger partial charge in [-0.2, -0.15) is 4.98 Å². The van der Waals surface area contributed by atoms with Gasteiger partial charge in [-0.05, 0) is 68.4 Å². The molecule has 2 aliphatic heterocycles. The summed E-state index contributed by atoms with van der Waals surface area (Å²) in [5, 5.41) is 3.67. The first-order valence-corrected chi connectivity index (χ1v) is 15.4. The monoisotopic (exact) mass is 552 g/mol. The number of amides is 2. The number of aromatic nitrogens is 3. The summed E-state index contributed by atoms with van der Waals surface area (Å²) < 4.78 is 25.6. The van der Waals surface area contributed by atoms with Crippen LogP contribution in [0.5, 0.6) is 0 Å². The van der Waals surface area contributed by atoms with Crippen molar-refractivity contribution < 1.29 is 18.0 Å². The summed E-state index contributed by atoms with van der Waals surface area (Å²) in [5.41, 5.74) is 2.45. The molecule has 6 rings (SSSR count). The largest absolute Gasteiger partial charge is 0.331 e. The van der Waals surface area contributed by atoms with Crippen LogP contribution in [0.3, 0.4) is 0 Å². The zero-order valence-electron chi connectivity index (χ0n) is 21.4. The second kappa shape index (κ2) is 9.12. The topological polar surface area (TPSA) is 125 Å². The number of rotatable bonds is 7. The molecule has 198 valence electrons. The molecule has 4 heterocycles. The normalized spacial score (nSPS) is 18.3. The molecule has 1 N–H and O–H groups in total. The fraction of sp³-hybridized carbons (Fsp3) is 0.423. The van der Waals surface area contributed by atoms with E-state index in [1.54, 1.807) is 23.2 Å². The number of aryl methyl sites for hydroxylation is 1. The Kier molecular flexibility index (Phi) is 5.98. The Morgan fingerprint density at radius 1 is 1.18 bits per heavy atom. The molecule has 0 bridgehead atoms. The van der Waals surface area contributed by atoms with Gasteiger partial charge in [-0.1, -0.05) is 11.3 Å². The van der Waals surface area contributed by atoms with E-state index >= 15 is 0 Å². The van der Waals surface area contributed by atoms with Gasteiger partial charge >= 0.3 is 0 Å². The summed E-state index contributed by atoms with van der Waals surface area (Å²) in [4.78, 5) is 43.1. The quantitative estimate of drug-likeness (QED) is 0.467. The zero-order valence-corrected chi connectivity index (χ0v) is 23.0. The number of hydrogen-bond acceptors (Lipinski definition) is 9. The minimum Gasteiger partial charge on any atom is -0.331 e. The first-order valence-electron chi connectivity index (χ1n) is 12.7. The molecule has 1 saturated carbocycles. The molecule has 1 saturated heterocycles. The molecule has 10 nitrogen and oxygen atoms in total. The van der Waals surface area contributed by atoms with E-state index in [1.165, 1.54) is 11.3 Å². The molecule has 1 aromatic carbocycles. The van der Waals surface area contributed by atoms with Crippen molar-refractivity contribution in [2.24, 2.45) is 5.92 Å². The smallest absolute Gasteiger partial charge is 0.256 e. The molecule has 1 aliphatic carbocycles. The van der Waals surface area contributed by atoms with Crippen molar-refractivity contribution in [1.82, 2.24) is 19.9 Å². The molecule has 2 amide bonds. The lowest BCUT2D eigenvalue weighted by molar-refractivity contribution is -0.117. The molecule has 3 aliphatic rings. The molecule has 3 aromatic rings. The number of thiazole rings is 1. The Balaban J connectivity index is 1.33. The summed E-state index contributed by atoms with van der Waals surface area (Å²) in [6.07, 6.45) is 6.27. The molecule has 1 atom stereocenters. The summed E-state index contributed by atoms with van der Waals surface area (Å²) in [7, 11) is -3.65.